The molecule has 1 amide bonds. The van der Waals surface area contributed by atoms with Crippen LogP contribution in [-0.2, 0) is 9.59 Å². The number of carbonyl (C=O) groups excluding carboxylic acids is 1. The molecule has 2 aromatic carbocycles. The number of H-pyrrole nitrogens is 1. The summed E-state index contributed by atoms with van der Waals surface area (Å²) in [4.78, 5) is 37.1. The van der Waals surface area contributed by atoms with Crippen LogP contribution >= 0.6 is 0 Å². The Morgan fingerprint density at radius 1 is 0.971 bits per heavy atom. The lowest BCUT2D eigenvalue weighted by Gasteiger charge is -2.32. The average molecular weight is 484 g/mol. The molecule has 8 nitrogen and oxygen atoms in total. The minimum absolute atomic E-state index is 0.149. The Kier molecular flexibility index (Phi) is 9.37. The Hall–Kier alpha value is -3.72. The number of para-hydroxylation sites is 1. The number of benzene rings is 2. The van der Waals surface area contributed by atoms with Gasteiger partial charge < -0.3 is 25.4 Å². The normalized spacial score (nSPS) is 14.2. The number of carboxylic acids is 2. The molecule has 1 fully saturated rings. The lowest BCUT2D eigenvalue weighted by Crippen LogP contribution is -2.39. The summed E-state index contributed by atoms with van der Waals surface area (Å²) in [6.07, 6.45) is 3.83. The van der Waals surface area contributed by atoms with Gasteiger partial charge in [-0.1, -0.05) is 18.2 Å². The van der Waals surface area contributed by atoms with Gasteiger partial charge in [-0.05, 0) is 67.7 Å². The Morgan fingerprint density at radius 2 is 1.60 bits per heavy atom. The van der Waals surface area contributed by atoms with Gasteiger partial charge in [0, 0.05) is 35.8 Å². The van der Waals surface area contributed by atoms with Crippen molar-refractivity contribution in [2.45, 2.75) is 31.6 Å². The van der Waals surface area contributed by atoms with Crippen molar-refractivity contribution in [2.75, 3.05) is 26.2 Å². The first-order valence-electron chi connectivity index (χ1n) is 11.6. The molecule has 0 saturated carbocycles. The Morgan fingerprint density at radius 3 is 2.23 bits per heavy atom. The summed E-state index contributed by atoms with van der Waals surface area (Å²) in [7, 11) is 0. The third-order valence-corrected chi connectivity index (χ3v) is 6.02. The molecule has 4 rings (SSSR count). The maximum Gasteiger partial charge on any atom is 0.303 e. The standard InChI is InChI=1S/C22H24FN3O.C4H6O4/c23-18-7-5-17(6-8-18)22(27)24-11-14-26-12-9-16(10-13-26)20-15-25-21-4-2-1-3-19(20)21;5-3(6)1-2-4(7)8/h1-8,15-16,25H,9-14H2,(H,24,27);1-2H2,(H,5,6)(H,7,8). The number of aromatic amines is 1. The first-order chi connectivity index (χ1) is 16.8. The van der Waals surface area contributed by atoms with E-state index in [1.165, 1.54) is 40.7 Å². The van der Waals surface area contributed by atoms with Crippen molar-refractivity contribution in [3.05, 3.63) is 71.7 Å². The number of amides is 1. The highest BCUT2D eigenvalue weighted by Crippen LogP contribution is 2.32. The van der Waals surface area contributed by atoms with Crippen molar-refractivity contribution in [1.82, 2.24) is 15.2 Å². The second-order valence-corrected chi connectivity index (χ2v) is 8.46. The Balaban J connectivity index is 0.000000371. The van der Waals surface area contributed by atoms with Gasteiger partial charge in [0.15, 0.2) is 0 Å². The molecule has 0 atom stereocenters. The minimum atomic E-state index is -1.08. The van der Waals surface area contributed by atoms with Crippen LogP contribution in [0.1, 0.15) is 47.5 Å². The summed E-state index contributed by atoms with van der Waals surface area (Å²) in [5.41, 5.74) is 3.13. The maximum atomic E-state index is 12.9. The molecule has 4 N–H and O–H groups in total. The van der Waals surface area contributed by atoms with E-state index < -0.39 is 11.9 Å². The molecule has 2 heterocycles. The first-order valence-corrected chi connectivity index (χ1v) is 11.6. The fourth-order valence-corrected chi connectivity index (χ4v) is 4.14. The molecule has 1 aromatic heterocycles. The molecular weight excluding hydrogens is 453 g/mol. The van der Waals surface area contributed by atoms with E-state index in [0.29, 0.717) is 18.0 Å². The van der Waals surface area contributed by atoms with Crippen LogP contribution in [0.5, 0.6) is 0 Å². The molecule has 1 saturated heterocycles. The van der Waals surface area contributed by atoms with Crippen LogP contribution in [0, 0.1) is 5.82 Å². The molecule has 0 spiro atoms. The molecule has 0 bridgehead atoms. The van der Waals surface area contributed by atoms with E-state index in [1.807, 2.05) is 0 Å². The lowest BCUT2D eigenvalue weighted by atomic mass is 9.89. The summed E-state index contributed by atoms with van der Waals surface area (Å²) in [6.45, 7) is 3.52. The summed E-state index contributed by atoms with van der Waals surface area (Å²) >= 11 is 0. The second kappa shape index (κ2) is 12.7. The highest BCUT2D eigenvalue weighted by molar-refractivity contribution is 5.94. The molecule has 1 aliphatic rings. The number of halogens is 1. The number of hydrogen-bond donors (Lipinski definition) is 4. The summed E-state index contributed by atoms with van der Waals surface area (Å²) < 4.78 is 12.9. The quantitative estimate of drug-likeness (QED) is 0.386. The highest BCUT2D eigenvalue weighted by atomic mass is 19.1. The van der Waals surface area contributed by atoms with Crippen LogP contribution in [0.15, 0.2) is 54.7 Å². The molecule has 0 radical (unpaired) electrons. The summed E-state index contributed by atoms with van der Waals surface area (Å²) in [6, 6.07) is 14.1. The number of piperidine rings is 1. The number of likely N-dealkylation sites (tertiary alicyclic amines) is 1. The van der Waals surface area contributed by atoms with Gasteiger partial charge in [0.1, 0.15) is 5.82 Å². The number of aliphatic carboxylic acids is 2. The fourth-order valence-electron chi connectivity index (χ4n) is 4.14. The number of hydrogen-bond acceptors (Lipinski definition) is 4. The summed E-state index contributed by atoms with van der Waals surface area (Å²) in [5, 5.41) is 20.1. The third kappa shape index (κ3) is 7.92. The fraction of sp³-hybridized carbons (Fsp3) is 0.346. The zero-order chi connectivity index (χ0) is 25.2. The minimum Gasteiger partial charge on any atom is -0.481 e. The van der Waals surface area contributed by atoms with Crippen molar-refractivity contribution < 1.29 is 29.0 Å². The highest BCUT2D eigenvalue weighted by Gasteiger charge is 2.22. The van der Waals surface area contributed by atoms with Gasteiger partial charge in [-0.15, -0.1) is 0 Å². The number of aromatic nitrogens is 1. The number of nitrogens with one attached hydrogen (secondary N) is 2. The van der Waals surface area contributed by atoms with Crippen molar-refractivity contribution >= 4 is 28.7 Å². The van der Waals surface area contributed by atoms with E-state index in [9.17, 15) is 18.8 Å². The largest absolute Gasteiger partial charge is 0.481 e. The number of fused-ring (bicyclic) bond motifs is 1. The maximum absolute atomic E-state index is 12.9. The van der Waals surface area contributed by atoms with Crippen LogP contribution in [0.4, 0.5) is 4.39 Å². The first kappa shape index (κ1) is 25.9. The molecule has 9 heteroatoms. The van der Waals surface area contributed by atoms with Crippen LogP contribution < -0.4 is 5.32 Å². The van der Waals surface area contributed by atoms with Gasteiger partial charge in [-0.3, -0.25) is 14.4 Å². The van der Waals surface area contributed by atoms with Crippen molar-refractivity contribution in [2.24, 2.45) is 0 Å². The molecular formula is C26H30FN3O5. The van der Waals surface area contributed by atoms with E-state index in [2.05, 4.69) is 45.7 Å². The predicted molar refractivity (Wildman–Crippen MR) is 130 cm³/mol. The van der Waals surface area contributed by atoms with Crippen molar-refractivity contribution in [3.8, 4) is 0 Å². The second-order valence-electron chi connectivity index (χ2n) is 8.46. The third-order valence-electron chi connectivity index (χ3n) is 6.02. The van der Waals surface area contributed by atoms with Gasteiger partial charge in [-0.25, -0.2) is 4.39 Å². The number of rotatable bonds is 8. The van der Waals surface area contributed by atoms with Gasteiger partial charge in [0.2, 0.25) is 0 Å². The average Bonchev–Trinajstić information content (AvgIpc) is 3.28. The van der Waals surface area contributed by atoms with Crippen LogP contribution in [0.2, 0.25) is 0 Å². The number of carbonyl (C=O) groups is 3. The van der Waals surface area contributed by atoms with Crippen LogP contribution in [0.3, 0.4) is 0 Å². The van der Waals surface area contributed by atoms with Gasteiger partial charge >= 0.3 is 11.9 Å². The lowest BCUT2D eigenvalue weighted by molar-refractivity contribution is -0.143. The van der Waals surface area contributed by atoms with E-state index >= 15 is 0 Å². The topological polar surface area (TPSA) is 123 Å². The monoisotopic (exact) mass is 483 g/mol. The van der Waals surface area contributed by atoms with Gasteiger partial charge in [0.25, 0.3) is 5.91 Å². The molecule has 35 heavy (non-hydrogen) atoms. The number of carboxylic acid groups (broad SMARTS) is 2. The molecule has 186 valence electrons. The molecule has 1 aliphatic heterocycles. The zero-order valence-corrected chi connectivity index (χ0v) is 19.4. The zero-order valence-electron chi connectivity index (χ0n) is 19.4. The molecule has 0 aliphatic carbocycles. The predicted octanol–water partition coefficient (Wildman–Crippen LogP) is 3.85. The van der Waals surface area contributed by atoms with E-state index in [0.717, 1.165) is 32.5 Å². The van der Waals surface area contributed by atoms with Gasteiger partial charge in [-0.2, -0.15) is 0 Å². The molecule has 3 aromatic rings. The van der Waals surface area contributed by atoms with Crippen molar-refractivity contribution in [1.29, 1.82) is 0 Å². The van der Waals surface area contributed by atoms with Crippen molar-refractivity contribution in [3.63, 3.8) is 0 Å². The smallest absolute Gasteiger partial charge is 0.303 e. The summed E-state index contributed by atoms with van der Waals surface area (Å²) in [5.74, 6) is -2.04. The Labute approximate surface area is 202 Å². The Bertz CT molecular complexity index is 1120. The number of nitrogens with zero attached hydrogens (tertiary/aromatic N) is 1. The van der Waals surface area contributed by atoms with Crippen LogP contribution in [-0.4, -0.2) is 64.1 Å². The van der Waals surface area contributed by atoms with Gasteiger partial charge in [0.05, 0.1) is 12.8 Å². The van der Waals surface area contributed by atoms with E-state index in [1.54, 1.807) is 0 Å². The molecule has 0 unspecified atom stereocenters. The SMILES string of the molecule is O=C(NCCN1CCC(c2c[nH]c3ccccc23)CC1)c1ccc(F)cc1.O=C(O)CCC(=O)O. The van der Waals surface area contributed by atoms with E-state index in [-0.39, 0.29) is 24.6 Å². The van der Waals surface area contributed by atoms with E-state index in [4.69, 9.17) is 10.2 Å². The van der Waals surface area contributed by atoms with Crippen LogP contribution in [0.25, 0.3) is 10.9 Å².